The van der Waals surface area contributed by atoms with E-state index in [1.54, 1.807) is 14.0 Å². The van der Waals surface area contributed by atoms with Crippen LogP contribution in [0.3, 0.4) is 0 Å². The smallest absolute Gasteiger partial charge is 0.325 e. The van der Waals surface area contributed by atoms with E-state index in [2.05, 4.69) is 6.92 Å². The second kappa shape index (κ2) is 12.9. The van der Waals surface area contributed by atoms with Crippen molar-refractivity contribution in [1.29, 1.82) is 0 Å². The van der Waals surface area contributed by atoms with E-state index in [0.29, 0.717) is 26.4 Å². The van der Waals surface area contributed by atoms with Crippen LogP contribution >= 0.6 is 12.4 Å². The van der Waals surface area contributed by atoms with Crippen LogP contribution < -0.4 is 5.73 Å². The van der Waals surface area contributed by atoms with E-state index in [0.717, 1.165) is 12.8 Å². The molecule has 0 aromatic heterocycles. The number of unbranched alkanes of at least 4 members (excludes halogenated alkanes) is 1. The average Bonchev–Trinajstić information content (AvgIpc) is 2.53. The largest absolute Gasteiger partial charge is 0.459 e. The Hall–Kier alpha value is -0.440. The predicted octanol–water partition coefficient (Wildman–Crippen LogP) is 0.914. The Balaban J connectivity index is 0.00000484. The molecule has 4 atom stereocenters. The molecule has 1 heterocycles. The minimum atomic E-state index is -0.781. The molecule has 0 aromatic rings. The highest BCUT2D eigenvalue weighted by Crippen LogP contribution is 2.16. The molecule has 0 radical (unpaired) electrons. The molecule has 8 heteroatoms. The maximum atomic E-state index is 11.8. The molecule has 1 fully saturated rings. The molecule has 0 bridgehead atoms. The summed E-state index contributed by atoms with van der Waals surface area (Å²) in [6.07, 6.45) is 0.800. The van der Waals surface area contributed by atoms with Crippen LogP contribution in [0.1, 0.15) is 26.7 Å². The number of carbonyl (C=O) groups is 1. The van der Waals surface area contributed by atoms with Crippen LogP contribution in [-0.4, -0.2) is 70.5 Å². The highest BCUT2D eigenvalue weighted by molar-refractivity contribution is 5.85. The summed E-state index contributed by atoms with van der Waals surface area (Å²) < 4.78 is 27.6. The SMILES string of the molecule is CCCCO[C@H]1COC[C@H](N)C(=O)O[C@@H](C)[C@@H]1OCCOC.Cl. The lowest BCUT2D eigenvalue weighted by molar-refractivity contribution is -0.168. The maximum absolute atomic E-state index is 11.8. The Morgan fingerprint density at radius 1 is 1.22 bits per heavy atom. The lowest BCUT2D eigenvalue weighted by Crippen LogP contribution is -2.45. The Morgan fingerprint density at radius 2 is 1.96 bits per heavy atom. The van der Waals surface area contributed by atoms with Gasteiger partial charge in [0.05, 0.1) is 26.4 Å². The molecule has 0 aliphatic carbocycles. The van der Waals surface area contributed by atoms with Gasteiger partial charge in [-0.2, -0.15) is 0 Å². The number of halogens is 1. The lowest BCUT2D eigenvalue weighted by atomic mass is 10.1. The Labute approximate surface area is 144 Å². The molecule has 0 unspecified atom stereocenters. The van der Waals surface area contributed by atoms with Gasteiger partial charge >= 0.3 is 5.97 Å². The average molecular weight is 356 g/mol. The van der Waals surface area contributed by atoms with Gasteiger partial charge in [-0.05, 0) is 13.3 Å². The van der Waals surface area contributed by atoms with Crippen LogP contribution in [0.5, 0.6) is 0 Å². The molecule has 0 aromatic carbocycles. The van der Waals surface area contributed by atoms with Crippen molar-refractivity contribution in [1.82, 2.24) is 0 Å². The summed E-state index contributed by atoms with van der Waals surface area (Å²) in [4.78, 5) is 11.8. The van der Waals surface area contributed by atoms with Gasteiger partial charge in [-0.1, -0.05) is 13.3 Å². The first-order chi connectivity index (χ1) is 10.6. The number of carbonyl (C=O) groups excluding carboxylic acids is 1. The summed E-state index contributed by atoms with van der Waals surface area (Å²) in [5, 5.41) is 0. The number of hydrogen-bond donors (Lipinski definition) is 1. The van der Waals surface area contributed by atoms with Crippen LogP contribution in [0.2, 0.25) is 0 Å². The van der Waals surface area contributed by atoms with Crippen LogP contribution in [-0.2, 0) is 28.5 Å². The zero-order valence-electron chi connectivity index (χ0n) is 14.2. The van der Waals surface area contributed by atoms with Crippen molar-refractivity contribution < 1.29 is 28.5 Å². The number of esters is 1. The van der Waals surface area contributed by atoms with Crippen molar-refractivity contribution in [2.45, 2.75) is 51.0 Å². The third-order valence-electron chi connectivity index (χ3n) is 3.44. The Morgan fingerprint density at radius 3 is 2.61 bits per heavy atom. The zero-order chi connectivity index (χ0) is 16.4. The molecular weight excluding hydrogens is 326 g/mol. The summed E-state index contributed by atoms with van der Waals surface area (Å²) in [5.41, 5.74) is 5.71. The van der Waals surface area contributed by atoms with Gasteiger partial charge in [0.15, 0.2) is 0 Å². The van der Waals surface area contributed by atoms with Gasteiger partial charge in [-0.15, -0.1) is 12.4 Å². The molecule has 1 rings (SSSR count). The standard InChI is InChI=1S/C15H29NO6.ClH/c1-4-5-6-20-13-10-19-9-12(16)15(17)22-11(2)14(13)21-8-7-18-3;/h11-14H,4-10,16H2,1-3H3;1H/t11-,12-,13-,14-;/m0./s1. The number of methoxy groups -OCH3 is 1. The molecule has 138 valence electrons. The summed E-state index contributed by atoms with van der Waals surface area (Å²) in [5.74, 6) is -0.484. The topological polar surface area (TPSA) is 89.2 Å². The van der Waals surface area contributed by atoms with E-state index >= 15 is 0 Å². The van der Waals surface area contributed by atoms with E-state index in [9.17, 15) is 4.79 Å². The van der Waals surface area contributed by atoms with Crippen molar-refractivity contribution >= 4 is 18.4 Å². The molecule has 0 amide bonds. The normalized spacial score (nSPS) is 29.0. The summed E-state index contributed by atoms with van der Waals surface area (Å²) >= 11 is 0. The minimum absolute atomic E-state index is 0. The van der Waals surface area contributed by atoms with Gasteiger partial charge in [0.1, 0.15) is 24.4 Å². The molecular formula is C15H30ClNO6. The van der Waals surface area contributed by atoms with Gasteiger partial charge in [0.2, 0.25) is 0 Å². The predicted molar refractivity (Wildman–Crippen MR) is 87.9 cm³/mol. The molecule has 2 N–H and O–H groups in total. The maximum Gasteiger partial charge on any atom is 0.325 e. The molecule has 0 spiro atoms. The number of hydrogen-bond acceptors (Lipinski definition) is 7. The fourth-order valence-corrected chi connectivity index (χ4v) is 2.15. The second-order valence-corrected chi connectivity index (χ2v) is 5.38. The summed E-state index contributed by atoms with van der Waals surface area (Å²) in [6.45, 7) is 5.77. The van der Waals surface area contributed by atoms with Gasteiger partial charge in [-0.25, -0.2) is 0 Å². The van der Waals surface area contributed by atoms with Crippen molar-refractivity contribution in [2.24, 2.45) is 5.73 Å². The van der Waals surface area contributed by atoms with E-state index in [-0.39, 0.29) is 25.1 Å². The van der Waals surface area contributed by atoms with E-state index in [4.69, 9.17) is 29.4 Å². The number of nitrogens with two attached hydrogens (primary N) is 1. The minimum Gasteiger partial charge on any atom is -0.459 e. The highest BCUT2D eigenvalue weighted by Gasteiger charge is 2.34. The molecule has 7 nitrogen and oxygen atoms in total. The van der Waals surface area contributed by atoms with Crippen LogP contribution in [0, 0.1) is 0 Å². The molecule has 1 aliphatic heterocycles. The lowest BCUT2D eigenvalue weighted by Gasteiger charge is -2.30. The second-order valence-electron chi connectivity index (χ2n) is 5.38. The van der Waals surface area contributed by atoms with Gasteiger partial charge in [-0.3, -0.25) is 4.79 Å². The van der Waals surface area contributed by atoms with E-state index in [1.807, 2.05) is 0 Å². The highest BCUT2D eigenvalue weighted by atomic mass is 35.5. The number of cyclic esters (lactones) is 1. The number of ether oxygens (including phenoxy) is 5. The van der Waals surface area contributed by atoms with Gasteiger partial charge in [0.25, 0.3) is 0 Å². The quantitative estimate of drug-likeness (QED) is 0.511. The van der Waals surface area contributed by atoms with E-state index < -0.39 is 24.2 Å². The van der Waals surface area contributed by atoms with Crippen LogP contribution in [0.15, 0.2) is 0 Å². The first-order valence-corrected chi connectivity index (χ1v) is 7.86. The first kappa shape index (κ1) is 22.6. The molecule has 0 saturated carbocycles. The summed E-state index contributed by atoms with van der Waals surface area (Å²) in [6, 6.07) is -0.781. The third kappa shape index (κ3) is 8.28. The van der Waals surface area contributed by atoms with Crippen molar-refractivity contribution in [3.63, 3.8) is 0 Å². The van der Waals surface area contributed by atoms with E-state index in [1.165, 1.54) is 0 Å². The van der Waals surface area contributed by atoms with Crippen LogP contribution in [0.4, 0.5) is 0 Å². The van der Waals surface area contributed by atoms with Gasteiger partial charge in [0, 0.05) is 13.7 Å². The zero-order valence-corrected chi connectivity index (χ0v) is 15.0. The van der Waals surface area contributed by atoms with Crippen molar-refractivity contribution in [2.75, 3.05) is 40.1 Å². The first-order valence-electron chi connectivity index (χ1n) is 7.86. The van der Waals surface area contributed by atoms with Gasteiger partial charge < -0.3 is 29.4 Å². The van der Waals surface area contributed by atoms with Crippen molar-refractivity contribution in [3.05, 3.63) is 0 Å². The molecule has 23 heavy (non-hydrogen) atoms. The van der Waals surface area contributed by atoms with Crippen LogP contribution in [0.25, 0.3) is 0 Å². The third-order valence-corrected chi connectivity index (χ3v) is 3.44. The fraction of sp³-hybridized carbons (Fsp3) is 0.933. The molecule has 1 saturated heterocycles. The monoisotopic (exact) mass is 355 g/mol. The molecule has 1 aliphatic rings. The summed E-state index contributed by atoms with van der Waals surface area (Å²) in [7, 11) is 1.60. The van der Waals surface area contributed by atoms with Crippen molar-refractivity contribution in [3.8, 4) is 0 Å². The Kier molecular flexibility index (Phi) is 12.7. The Bertz CT molecular complexity index is 320. The number of rotatable bonds is 8. The fourth-order valence-electron chi connectivity index (χ4n) is 2.15.